The number of carbonyl (C=O) groups is 1. The third kappa shape index (κ3) is 3.08. The van der Waals surface area contributed by atoms with Crippen molar-refractivity contribution in [3.63, 3.8) is 0 Å². The van der Waals surface area contributed by atoms with Crippen LogP contribution in [0.25, 0.3) is 0 Å². The van der Waals surface area contributed by atoms with Crippen molar-refractivity contribution >= 4 is 17.5 Å². The summed E-state index contributed by atoms with van der Waals surface area (Å²) in [5.41, 5.74) is -1.54. The van der Waals surface area contributed by atoms with Gasteiger partial charge in [-0.05, 0) is 38.0 Å². The highest BCUT2D eigenvalue weighted by atomic mass is 35.5. The third-order valence-corrected chi connectivity index (χ3v) is 4.27. The summed E-state index contributed by atoms with van der Waals surface area (Å²) in [5.74, 6) is 0.331. The highest BCUT2D eigenvalue weighted by Gasteiger charge is 2.44. The molecule has 2 aromatic rings. The molecule has 1 atom stereocenters. The zero-order chi connectivity index (χ0) is 17.3. The van der Waals surface area contributed by atoms with Gasteiger partial charge in [-0.3, -0.25) is 4.79 Å². The fourth-order valence-electron chi connectivity index (χ4n) is 2.86. The Morgan fingerprint density at radius 1 is 1.50 bits per heavy atom. The molecule has 8 heteroatoms. The van der Waals surface area contributed by atoms with E-state index < -0.39 is 5.67 Å². The smallest absolute Gasteiger partial charge is 0.266 e. The lowest BCUT2D eigenvalue weighted by molar-refractivity contribution is 0.0151. The highest BCUT2D eigenvalue weighted by molar-refractivity contribution is 6.31. The van der Waals surface area contributed by atoms with Gasteiger partial charge >= 0.3 is 0 Å². The quantitative estimate of drug-likeness (QED) is 0.848. The van der Waals surface area contributed by atoms with E-state index in [2.05, 4.69) is 10.1 Å². The standard InChI is InChI=1S/C16H17ClFN3O3/c1-10-19-15(24-20-10)16(18)6-3-7-21(9-16)14(22)12-8-11(17)4-5-13(12)23-2/h4-5,8H,3,6-7,9H2,1-2H3. The zero-order valence-corrected chi connectivity index (χ0v) is 14.1. The number of nitrogens with zero attached hydrogens (tertiary/aromatic N) is 3. The van der Waals surface area contributed by atoms with E-state index in [1.54, 1.807) is 19.1 Å². The maximum Gasteiger partial charge on any atom is 0.266 e. The first-order valence-electron chi connectivity index (χ1n) is 7.55. The van der Waals surface area contributed by atoms with E-state index in [1.807, 2.05) is 0 Å². The van der Waals surface area contributed by atoms with Crippen LogP contribution in [0.3, 0.4) is 0 Å². The number of carbonyl (C=O) groups excluding carboxylic acids is 1. The fraction of sp³-hybridized carbons (Fsp3) is 0.438. The molecule has 0 bridgehead atoms. The number of likely N-dealkylation sites (tertiary alicyclic amines) is 1. The first kappa shape index (κ1) is 16.7. The monoisotopic (exact) mass is 353 g/mol. The van der Waals surface area contributed by atoms with Gasteiger partial charge in [-0.2, -0.15) is 4.98 Å². The molecule has 0 spiro atoms. The van der Waals surface area contributed by atoms with Crippen molar-refractivity contribution in [2.75, 3.05) is 20.2 Å². The van der Waals surface area contributed by atoms with Crippen LogP contribution in [0.1, 0.15) is 34.9 Å². The number of halogens is 2. The number of ether oxygens (including phenoxy) is 1. The largest absolute Gasteiger partial charge is 0.496 e. The first-order chi connectivity index (χ1) is 11.4. The number of aromatic nitrogens is 2. The average Bonchev–Trinajstić information content (AvgIpc) is 3.01. The summed E-state index contributed by atoms with van der Waals surface area (Å²) >= 11 is 5.98. The van der Waals surface area contributed by atoms with Gasteiger partial charge in [-0.1, -0.05) is 16.8 Å². The number of methoxy groups -OCH3 is 1. The summed E-state index contributed by atoms with van der Waals surface area (Å²) in [6.07, 6.45) is 0.720. The SMILES string of the molecule is COc1ccc(Cl)cc1C(=O)N1CCCC(F)(c2nc(C)no2)C1. The molecule has 0 aliphatic carbocycles. The number of piperidine rings is 1. The van der Waals surface area contributed by atoms with E-state index >= 15 is 4.39 Å². The van der Waals surface area contributed by atoms with Gasteiger partial charge in [0, 0.05) is 11.6 Å². The Morgan fingerprint density at radius 3 is 2.96 bits per heavy atom. The second-order valence-corrected chi connectivity index (χ2v) is 6.22. The Hall–Kier alpha value is -2.15. The van der Waals surface area contributed by atoms with Gasteiger partial charge in [0.25, 0.3) is 11.8 Å². The van der Waals surface area contributed by atoms with Gasteiger partial charge in [-0.15, -0.1) is 0 Å². The molecule has 1 fully saturated rings. The van der Waals surface area contributed by atoms with E-state index in [1.165, 1.54) is 18.1 Å². The summed E-state index contributed by atoms with van der Waals surface area (Å²) in [6, 6.07) is 4.77. The minimum Gasteiger partial charge on any atom is -0.496 e. The van der Waals surface area contributed by atoms with Crippen LogP contribution >= 0.6 is 11.6 Å². The topological polar surface area (TPSA) is 68.5 Å². The molecule has 1 aliphatic heterocycles. The highest BCUT2D eigenvalue weighted by Crippen LogP contribution is 2.36. The Kier molecular flexibility index (Phi) is 4.45. The minimum absolute atomic E-state index is 0.0874. The van der Waals surface area contributed by atoms with E-state index in [-0.39, 0.29) is 24.8 Å². The number of alkyl halides is 1. The summed E-state index contributed by atoms with van der Waals surface area (Å²) in [4.78, 5) is 18.2. The van der Waals surface area contributed by atoms with Crippen LogP contribution in [0.2, 0.25) is 5.02 Å². The second-order valence-electron chi connectivity index (χ2n) is 5.79. The molecule has 128 valence electrons. The first-order valence-corrected chi connectivity index (χ1v) is 7.93. The van der Waals surface area contributed by atoms with Crippen molar-refractivity contribution in [2.24, 2.45) is 0 Å². The average molecular weight is 354 g/mol. The van der Waals surface area contributed by atoms with Crippen LogP contribution in [0.4, 0.5) is 4.39 Å². The van der Waals surface area contributed by atoms with E-state index in [0.717, 1.165) is 0 Å². The van der Waals surface area contributed by atoms with Gasteiger partial charge in [0.15, 0.2) is 5.82 Å². The molecule has 1 aromatic heterocycles. The van der Waals surface area contributed by atoms with Crippen LogP contribution < -0.4 is 4.74 Å². The molecule has 1 aromatic carbocycles. The predicted octanol–water partition coefficient (Wildman–Crippen LogP) is 3.14. The van der Waals surface area contributed by atoms with Crippen LogP contribution in [-0.2, 0) is 5.67 Å². The van der Waals surface area contributed by atoms with Crippen molar-refractivity contribution in [3.8, 4) is 5.75 Å². The Bertz CT molecular complexity index is 767. The molecule has 1 amide bonds. The molecule has 0 N–H and O–H groups in total. The van der Waals surface area contributed by atoms with E-state index in [4.69, 9.17) is 20.9 Å². The van der Waals surface area contributed by atoms with Gasteiger partial charge < -0.3 is 14.2 Å². The molecule has 0 radical (unpaired) electrons. The van der Waals surface area contributed by atoms with E-state index in [0.29, 0.717) is 35.1 Å². The second kappa shape index (κ2) is 6.39. The summed E-state index contributed by atoms with van der Waals surface area (Å²) in [5, 5.41) is 4.05. The normalized spacial score (nSPS) is 20.9. The van der Waals surface area contributed by atoms with Crippen molar-refractivity contribution in [1.29, 1.82) is 0 Å². The Balaban J connectivity index is 1.87. The van der Waals surface area contributed by atoms with Crippen molar-refractivity contribution in [3.05, 3.63) is 40.5 Å². The number of rotatable bonds is 3. The number of amides is 1. The zero-order valence-electron chi connectivity index (χ0n) is 13.4. The van der Waals surface area contributed by atoms with Crippen molar-refractivity contribution < 1.29 is 18.4 Å². The van der Waals surface area contributed by atoms with Crippen molar-refractivity contribution in [1.82, 2.24) is 15.0 Å². The van der Waals surface area contributed by atoms with Gasteiger partial charge in [0.2, 0.25) is 5.67 Å². The fourth-order valence-corrected chi connectivity index (χ4v) is 3.03. The van der Waals surface area contributed by atoms with Crippen LogP contribution in [0.5, 0.6) is 5.75 Å². The van der Waals surface area contributed by atoms with Crippen LogP contribution in [0, 0.1) is 6.92 Å². The maximum absolute atomic E-state index is 15.3. The number of aryl methyl sites for hydroxylation is 1. The van der Waals surface area contributed by atoms with Crippen LogP contribution in [-0.4, -0.2) is 41.1 Å². The lowest BCUT2D eigenvalue weighted by Crippen LogP contribution is -2.46. The molecule has 1 saturated heterocycles. The predicted molar refractivity (Wildman–Crippen MR) is 85.0 cm³/mol. The Labute approximate surface area is 143 Å². The maximum atomic E-state index is 15.3. The molecule has 1 aliphatic rings. The molecule has 0 saturated carbocycles. The molecule has 6 nitrogen and oxygen atoms in total. The molecule has 1 unspecified atom stereocenters. The lowest BCUT2D eigenvalue weighted by atomic mass is 9.94. The van der Waals surface area contributed by atoms with Crippen molar-refractivity contribution in [2.45, 2.75) is 25.4 Å². The number of hydrogen-bond donors (Lipinski definition) is 0. The molecule has 3 rings (SSSR count). The molecule has 24 heavy (non-hydrogen) atoms. The van der Waals surface area contributed by atoms with E-state index in [9.17, 15) is 4.79 Å². The van der Waals surface area contributed by atoms with Gasteiger partial charge in [-0.25, -0.2) is 4.39 Å². The molecular formula is C16H17ClFN3O3. The van der Waals surface area contributed by atoms with Crippen LogP contribution in [0.15, 0.2) is 22.7 Å². The summed E-state index contributed by atoms with van der Waals surface area (Å²) < 4.78 is 25.5. The number of benzene rings is 1. The van der Waals surface area contributed by atoms with Gasteiger partial charge in [0.1, 0.15) is 5.75 Å². The third-order valence-electron chi connectivity index (χ3n) is 4.03. The molecule has 2 heterocycles. The van der Waals surface area contributed by atoms with Gasteiger partial charge in [0.05, 0.1) is 19.2 Å². The number of hydrogen-bond acceptors (Lipinski definition) is 5. The molecular weight excluding hydrogens is 337 g/mol. The minimum atomic E-state index is -1.85. The lowest BCUT2D eigenvalue weighted by Gasteiger charge is -2.35. The summed E-state index contributed by atoms with van der Waals surface area (Å²) in [6.45, 7) is 1.91. The Morgan fingerprint density at radius 2 is 2.29 bits per heavy atom. The summed E-state index contributed by atoms with van der Waals surface area (Å²) in [7, 11) is 1.47.